The number of carbonyl (C=O) groups is 1. The minimum Gasteiger partial charge on any atom is -0.351 e. The molecule has 1 aliphatic heterocycles. The Labute approximate surface area is 121 Å². The number of fused-ring (bicyclic) bond motifs is 1. The van der Waals surface area contributed by atoms with Gasteiger partial charge >= 0.3 is 0 Å². The number of amides is 1. The second-order valence-corrected chi connectivity index (χ2v) is 6.61. The third-order valence-corrected chi connectivity index (χ3v) is 5.07. The molecule has 0 atom stereocenters. The van der Waals surface area contributed by atoms with Crippen molar-refractivity contribution in [2.45, 2.75) is 39.7 Å². The van der Waals surface area contributed by atoms with E-state index < -0.39 is 0 Å². The highest BCUT2D eigenvalue weighted by Crippen LogP contribution is 2.51. The minimum absolute atomic E-state index is 0.0744. The number of carbonyl (C=O) groups excluding carboxylic acids is 1. The van der Waals surface area contributed by atoms with Gasteiger partial charge in [0.15, 0.2) is 0 Å². The van der Waals surface area contributed by atoms with Gasteiger partial charge in [0.2, 0.25) is 0 Å². The fourth-order valence-corrected chi connectivity index (χ4v) is 3.10. The van der Waals surface area contributed by atoms with Gasteiger partial charge in [-0.3, -0.25) is 4.79 Å². The molecule has 0 aromatic heterocycles. The molecule has 2 aliphatic rings. The van der Waals surface area contributed by atoms with Crippen molar-refractivity contribution in [2.75, 3.05) is 13.1 Å². The molecule has 3 heteroatoms. The molecule has 2 N–H and O–H groups in total. The maximum atomic E-state index is 12.3. The summed E-state index contributed by atoms with van der Waals surface area (Å²) >= 11 is 0. The molecular weight excluding hydrogens is 248 g/mol. The molecule has 3 nitrogen and oxygen atoms in total. The van der Waals surface area contributed by atoms with Crippen LogP contribution in [0.25, 0.3) is 0 Å². The van der Waals surface area contributed by atoms with Crippen molar-refractivity contribution in [3.8, 4) is 0 Å². The third kappa shape index (κ3) is 2.59. The van der Waals surface area contributed by atoms with Crippen molar-refractivity contribution in [2.24, 2.45) is 11.3 Å². The molecule has 1 amide bonds. The van der Waals surface area contributed by atoms with Gasteiger partial charge in [-0.25, -0.2) is 0 Å². The van der Waals surface area contributed by atoms with Crippen LogP contribution in [-0.4, -0.2) is 19.0 Å². The lowest BCUT2D eigenvalue weighted by Gasteiger charge is -2.21. The van der Waals surface area contributed by atoms with Gasteiger partial charge in [0.1, 0.15) is 0 Å². The van der Waals surface area contributed by atoms with Gasteiger partial charge < -0.3 is 10.6 Å². The summed E-state index contributed by atoms with van der Waals surface area (Å²) in [6, 6.07) is 6.13. The Hall–Kier alpha value is -1.35. The van der Waals surface area contributed by atoms with E-state index in [9.17, 15) is 4.79 Å². The first-order valence-electron chi connectivity index (χ1n) is 7.71. The van der Waals surface area contributed by atoms with Crippen molar-refractivity contribution >= 4 is 5.91 Å². The summed E-state index contributed by atoms with van der Waals surface area (Å²) in [6.45, 7) is 7.24. The second-order valence-electron chi connectivity index (χ2n) is 6.61. The Bertz CT molecular complexity index is 518. The molecule has 1 aromatic carbocycles. The zero-order chi connectivity index (χ0) is 14.2. The smallest absolute Gasteiger partial charge is 0.251 e. The van der Waals surface area contributed by atoms with Gasteiger partial charge in [-0.15, -0.1) is 0 Å². The molecule has 0 spiro atoms. The van der Waals surface area contributed by atoms with E-state index in [4.69, 9.17) is 0 Å². The Morgan fingerprint density at radius 3 is 2.85 bits per heavy atom. The van der Waals surface area contributed by atoms with E-state index in [1.54, 1.807) is 0 Å². The van der Waals surface area contributed by atoms with Gasteiger partial charge in [0, 0.05) is 18.7 Å². The first-order chi connectivity index (χ1) is 9.61. The maximum absolute atomic E-state index is 12.3. The average molecular weight is 272 g/mol. The highest BCUT2D eigenvalue weighted by Gasteiger charge is 2.45. The van der Waals surface area contributed by atoms with Crippen LogP contribution in [0.1, 0.15) is 48.2 Å². The summed E-state index contributed by atoms with van der Waals surface area (Å²) in [6.07, 6.45) is 3.56. The summed E-state index contributed by atoms with van der Waals surface area (Å²) in [5.41, 5.74) is 3.81. The number of hydrogen-bond acceptors (Lipinski definition) is 2. The maximum Gasteiger partial charge on any atom is 0.251 e. The second kappa shape index (κ2) is 5.21. The Balaban J connectivity index is 1.65. The predicted molar refractivity (Wildman–Crippen MR) is 80.7 cm³/mol. The lowest BCUT2D eigenvalue weighted by Crippen LogP contribution is -2.33. The van der Waals surface area contributed by atoms with Crippen LogP contribution in [0.3, 0.4) is 0 Å². The standard InChI is InChI=1S/C17H24N2O/c1-12(2)17(6-7-17)11-19-16(20)14-4-3-13-5-8-18-10-15(13)9-14/h3-4,9,12,18H,5-8,10-11H2,1-2H3,(H,19,20). The topological polar surface area (TPSA) is 41.1 Å². The van der Waals surface area contributed by atoms with Crippen LogP contribution in [0.15, 0.2) is 18.2 Å². The average Bonchev–Trinajstić information content (AvgIpc) is 3.25. The third-order valence-electron chi connectivity index (χ3n) is 5.07. The lowest BCUT2D eigenvalue weighted by atomic mass is 9.92. The van der Waals surface area contributed by atoms with E-state index in [2.05, 4.69) is 30.5 Å². The van der Waals surface area contributed by atoms with Crippen molar-refractivity contribution < 1.29 is 4.79 Å². The summed E-state index contributed by atoms with van der Waals surface area (Å²) in [5, 5.41) is 6.49. The fourth-order valence-electron chi connectivity index (χ4n) is 3.10. The van der Waals surface area contributed by atoms with Crippen LogP contribution < -0.4 is 10.6 Å². The molecular formula is C17H24N2O. The summed E-state index contributed by atoms with van der Waals surface area (Å²) in [5.74, 6) is 0.723. The molecule has 3 rings (SSSR count). The van der Waals surface area contributed by atoms with Gasteiger partial charge in [-0.2, -0.15) is 0 Å². The van der Waals surface area contributed by atoms with Crippen LogP contribution in [0, 0.1) is 11.3 Å². The zero-order valence-electron chi connectivity index (χ0n) is 12.5. The highest BCUT2D eigenvalue weighted by molar-refractivity contribution is 5.94. The largest absolute Gasteiger partial charge is 0.351 e. The summed E-state index contributed by atoms with van der Waals surface area (Å²) in [4.78, 5) is 12.3. The monoisotopic (exact) mass is 272 g/mol. The van der Waals surface area contributed by atoms with Crippen LogP contribution in [0.4, 0.5) is 0 Å². The SMILES string of the molecule is CC(C)C1(CNC(=O)c2ccc3c(c2)CNCC3)CC1. The molecule has 0 saturated heterocycles. The molecule has 0 bridgehead atoms. The molecule has 1 aliphatic carbocycles. The van der Waals surface area contributed by atoms with Crippen LogP contribution in [-0.2, 0) is 13.0 Å². The lowest BCUT2D eigenvalue weighted by molar-refractivity contribution is 0.0939. The molecule has 1 saturated carbocycles. The van der Waals surface area contributed by atoms with Crippen molar-refractivity contribution in [1.29, 1.82) is 0 Å². The molecule has 0 radical (unpaired) electrons. The number of benzene rings is 1. The molecule has 0 unspecified atom stereocenters. The number of rotatable bonds is 4. The van der Waals surface area contributed by atoms with Gasteiger partial charge in [-0.05, 0) is 60.4 Å². The van der Waals surface area contributed by atoms with Gasteiger partial charge in [0.05, 0.1) is 0 Å². The van der Waals surface area contributed by atoms with Crippen LogP contribution in [0.2, 0.25) is 0 Å². The quantitative estimate of drug-likeness (QED) is 0.884. The molecule has 108 valence electrons. The Kier molecular flexibility index (Phi) is 3.55. The molecule has 1 fully saturated rings. The van der Waals surface area contributed by atoms with E-state index in [-0.39, 0.29) is 5.91 Å². The zero-order valence-corrected chi connectivity index (χ0v) is 12.5. The first kappa shape index (κ1) is 13.6. The van der Waals surface area contributed by atoms with E-state index in [1.165, 1.54) is 24.0 Å². The van der Waals surface area contributed by atoms with Crippen molar-refractivity contribution in [3.05, 3.63) is 34.9 Å². The minimum atomic E-state index is 0.0744. The molecule has 20 heavy (non-hydrogen) atoms. The molecule has 1 aromatic rings. The van der Waals surface area contributed by atoms with Crippen LogP contribution >= 0.6 is 0 Å². The number of hydrogen-bond donors (Lipinski definition) is 2. The van der Waals surface area contributed by atoms with Crippen molar-refractivity contribution in [3.63, 3.8) is 0 Å². The van der Waals surface area contributed by atoms with E-state index in [0.717, 1.165) is 31.6 Å². The number of nitrogens with one attached hydrogen (secondary N) is 2. The van der Waals surface area contributed by atoms with Crippen LogP contribution in [0.5, 0.6) is 0 Å². The summed E-state index contributed by atoms with van der Waals surface area (Å²) in [7, 11) is 0. The Morgan fingerprint density at radius 1 is 1.35 bits per heavy atom. The predicted octanol–water partition coefficient (Wildman–Crippen LogP) is 2.50. The summed E-state index contributed by atoms with van der Waals surface area (Å²) < 4.78 is 0. The molecule has 1 heterocycles. The Morgan fingerprint density at radius 2 is 2.15 bits per heavy atom. The van der Waals surface area contributed by atoms with E-state index in [0.29, 0.717) is 11.3 Å². The highest BCUT2D eigenvalue weighted by atomic mass is 16.1. The van der Waals surface area contributed by atoms with Crippen molar-refractivity contribution in [1.82, 2.24) is 10.6 Å². The normalized spacial score (nSPS) is 19.6. The van der Waals surface area contributed by atoms with Gasteiger partial charge in [-0.1, -0.05) is 19.9 Å². The fraction of sp³-hybridized carbons (Fsp3) is 0.588. The van der Waals surface area contributed by atoms with Gasteiger partial charge in [0.25, 0.3) is 5.91 Å². The van der Waals surface area contributed by atoms with E-state index in [1.807, 2.05) is 12.1 Å². The first-order valence-corrected chi connectivity index (χ1v) is 7.71. The van der Waals surface area contributed by atoms with E-state index >= 15 is 0 Å².